The Labute approximate surface area is 158 Å². The van der Waals surface area contributed by atoms with Crippen molar-refractivity contribution in [2.45, 2.75) is 31.4 Å². The van der Waals surface area contributed by atoms with Crippen LogP contribution in [0.25, 0.3) is 0 Å². The van der Waals surface area contributed by atoms with Gasteiger partial charge in [-0.3, -0.25) is 14.7 Å². The maximum Gasteiger partial charge on any atom is 0.252 e. The van der Waals surface area contributed by atoms with E-state index in [1.807, 2.05) is 12.1 Å². The number of benzene rings is 1. The molecule has 7 heteroatoms. The molecule has 0 saturated carbocycles. The van der Waals surface area contributed by atoms with Crippen LogP contribution in [0.15, 0.2) is 35.1 Å². The maximum atomic E-state index is 12.0. The van der Waals surface area contributed by atoms with Crippen LogP contribution in [0, 0.1) is 0 Å². The van der Waals surface area contributed by atoms with E-state index in [4.69, 9.17) is 5.73 Å². The molecule has 1 fully saturated rings. The Balaban J connectivity index is 1.59. The number of nitrogens with zero attached hydrogens (tertiary/aromatic N) is 3. The first-order chi connectivity index (χ1) is 12.5. The predicted octanol–water partition coefficient (Wildman–Crippen LogP) is 2.32. The van der Waals surface area contributed by atoms with Crippen molar-refractivity contribution in [1.29, 1.82) is 0 Å². The number of thioether (sulfide) groups is 1. The highest BCUT2D eigenvalue weighted by Gasteiger charge is 2.19. The number of hydrogen-bond acceptors (Lipinski definition) is 6. The summed E-state index contributed by atoms with van der Waals surface area (Å²) in [4.78, 5) is 24.1. The first-order valence-corrected chi connectivity index (χ1v) is 10.1. The summed E-state index contributed by atoms with van der Waals surface area (Å²) < 4.78 is 0. The van der Waals surface area contributed by atoms with Gasteiger partial charge in [-0.2, -0.15) is 11.8 Å². The Bertz CT molecular complexity index is 766. The molecule has 6 nitrogen and oxygen atoms in total. The smallest absolute Gasteiger partial charge is 0.252 e. The number of aromatic nitrogens is 2. The highest BCUT2D eigenvalue weighted by atomic mass is 32.2. The molecule has 1 aliphatic rings. The quantitative estimate of drug-likeness (QED) is 0.757. The Kier molecular flexibility index (Phi) is 6.21. The number of aromatic amines is 1. The summed E-state index contributed by atoms with van der Waals surface area (Å²) in [7, 11) is 0. The molecule has 0 radical (unpaired) electrons. The van der Waals surface area contributed by atoms with E-state index in [1.165, 1.54) is 5.56 Å². The number of anilines is 2. The lowest BCUT2D eigenvalue weighted by molar-refractivity contribution is 0.248. The van der Waals surface area contributed by atoms with E-state index >= 15 is 0 Å². The molecule has 140 valence electrons. The molecule has 3 N–H and O–H groups in total. The van der Waals surface area contributed by atoms with Gasteiger partial charge in [0.15, 0.2) is 0 Å². The third kappa shape index (κ3) is 5.25. The van der Waals surface area contributed by atoms with E-state index in [1.54, 1.807) is 17.8 Å². The van der Waals surface area contributed by atoms with Crippen molar-refractivity contribution in [3.63, 3.8) is 0 Å². The molecule has 1 saturated heterocycles. The number of nitrogens with two attached hydrogens (primary N) is 1. The van der Waals surface area contributed by atoms with Gasteiger partial charge in [-0.1, -0.05) is 26.0 Å². The van der Waals surface area contributed by atoms with Gasteiger partial charge >= 0.3 is 0 Å². The molecular weight excluding hydrogens is 346 g/mol. The normalized spacial score (nSPS) is 15.6. The second-order valence-electron chi connectivity index (χ2n) is 6.92. The molecule has 0 unspecified atom stereocenters. The van der Waals surface area contributed by atoms with Gasteiger partial charge in [0.05, 0.1) is 5.69 Å². The lowest BCUT2D eigenvalue weighted by atomic mass is 10.2. The molecule has 1 aromatic heterocycles. The number of hydrogen-bond donors (Lipinski definition) is 2. The van der Waals surface area contributed by atoms with Crippen molar-refractivity contribution >= 4 is 23.4 Å². The first-order valence-electron chi connectivity index (χ1n) is 9.03. The summed E-state index contributed by atoms with van der Waals surface area (Å²) in [5.41, 5.74) is 8.60. The Morgan fingerprint density at radius 1 is 1.19 bits per heavy atom. The van der Waals surface area contributed by atoms with Crippen molar-refractivity contribution in [3.8, 4) is 0 Å². The average molecular weight is 374 g/mol. The van der Waals surface area contributed by atoms with Crippen LogP contribution in [-0.4, -0.2) is 46.3 Å². The van der Waals surface area contributed by atoms with E-state index in [-0.39, 0.29) is 5.56 Å². The van der Waals surface area contributed by atoms with Gasteiger partial charge in [0.2, 0.25) is 5.95 Å². The highest BCUT2D eigenvalue weighted by Crippen LogP contribution is 2.17. The zero-order chi connectivity index (χ0) is 18.5. The summed E-state index contributed by atoms with van der Waals surface area (Å²) in [6.45, 7) is 8.83. The number of H-pyrrole nitrogens is 1. The van der Waals surface area contributed by atoms with Gasteiger partial charge in [-0.05, 0) is 22.9 Å². The molecule has 0 amide bonds. The van der Waals surface area contributed by atoms with E-state index in [2.05, 4.69) is 45.7 Å². The molecular formula is C19H27N5OS. The van der Waals surface area contributed by atoms with Crippen LogP contribution in [0.3, 0.4) is 0 Å². The lowest BCUT2D eigenvalue weighted by Gasteiger charge is -2.35. The number of nitrogens with one attached hydrogen (secondary N) is 1. The summed E-state index contributed by atoms with van der Waals surface area (Å²) >= 11 is 1.80. The Hall–Kier alpha value is -1.99. The number of rotatable bonds is 6. The van der Waals surface area contributed by atoms with Crippen LogP contribution in [0.5, 0.6) is 0 Å². The topological polar surface area (TPSA) is 78.2 Å². The second-order valence-corrected chi connectivity index (χ2v) is 8.49. The summed E-state index contributed by atoms with van der Waals surface area (Å²) in [6, 6.07) is 9.66. The van der Waals surface area contributed by atoms with Crippen molar-refractivity contribution < 1.29 is 0 Å². The van der Waals surface area contributed by atoms with Gasteiger partial charge in [0.1, 0.15) is 0 Å². The minimum absolute atomic E-state index is 0.0707. The number of nitrogen functional groups attached to an aromatic ring is 1. The summed E-state index contributed by atoms with van der Waals surface area (Å²) in [6.07, 6.45) is 0. The summed E-state index contributed by atoms with van der Waals surface area (Å²) in [5.74, 6) is 1.47. The van der Waals surface area contributed by atoms with Crippen molar-refractivity contribution in [3.05, 3.63) is 51.9 Å². The van der Waals surface area contributed by atoms with Crippen LogP contribution >= 0.6 is 11.8 Å². The average Bonchev–Trinajstić information content (AvgIpc) is 2.62. The monoisotopic (exact) mass is 373 g/mol. The Morgan fingerprint density at radius 3 is 2.54 bits per heavy atom. The molecule has 0 aliphatic carbocycles. The van der Waals surface area contributed by atoms with Crippen LogP contribution in [0.2, 0.25) is 0 Å². The fraction of sp³-hybridized carbons (Fsp3) is 0.474. The van der Waals surface area contributed by atoms with Crippen LogP contribution in [0.1, 0.15) is 25.1 Å². The van der Waals surface area contributed by atoms with Gasteiger partial charge in [0, 0.05) is 50.2 Å². The SMILES string of the molecule is CC(C)SCc1cc(=O)[nH]c(N2CCN(Cc3ccc(N)cc3)CC2)n1. The molecule has 2 aromatic rings. The molecule has 0 bridgehead atoms. The fourth-order valence-electron chi connectivity index (χ4n) is 2.97. The molecule has 0 atom stereocenters. The van der Waals surface area contributed by atoms with Gasteiger partial charge in [-0.15, -0.1) is 0 Å². The van der Waals surface area contributed by atoms with Crippen LogP contribution in [0.4, 0.5) is 11.6 Å². The van der Waals surface area contributed by atoms with Crippen molar-refractivity contribution in [1.82, 2.24) is 14.9 Å². The molecule has 26 heavy (non-hydrogen) atoms. The third-order valence-corrected chi connectivity index (χ3v) is 5.53. The van der Waals surface area contributed by atoms with E-state index in [0.717, 1.165) is 49.9 Å². The summed E-state index contributed by atoms with van der Waals surface area (Å²) in [5, 5.41) is 0.524. The third-order valence-electron chi connectivity index (χ3n) is 4.40. The number of piperazine rings is 1. The van der Waals surface area contributed by atoms with Crippen molar-refractivity contribution in [2.24, 2.45) is 0 Å². The van der Waals surface area contributed by atoms with Crippen LogP contribution in [-0.2, 0) is 12.3 Å². The van der Waals surface area contributed by atoms with Gasteiger partial charge in [0.25, 0.3) is 5.56 Å². The first kappa shape index (κ1) is 18.8. The Morgan fingerprint density at radius 2 is 1.88 bits per heavy atom. The largest absolute Gasteiger partial charge is 0.399 e. The van der Waals surface area contributed by atoms with Gasteiger partial charge in [-0.25, -0.2) is 4.98 Å². The maximum absolute atomic E-state index is 12.0. The van der Waals surface area contributed by atoms with Gasteiger partial charge < -0.3 is 10.6 Å². The highest BCUT2D eigenvalue weighted by molar-refractivity contribution is 7.99. The minimum atomic E-state index is -0.0707. The standard InChI is InChI=1S/C19H27N5OS/c1-14(2)26-13-17-11-18(25)22-19(21-17)24-9-7-23(8-10-24)12-15-3-5-16(20)6-4-15/h3-6,11,14H,7-10,12-13,20H2,1-2H3,(H,21,22,25). The lowest BCUT2D eigenvalue weighted by Crippen LogP contribution is -2.47. The van der Waals surface area contributed by atoms with E-state index in [0.29, 0.717) is 11.2 Å². The van der Waals surface area contributed by atoms with E-state index in [9.17, 15) is 4.79 Å². The second kappa shape index (κ2) is 8.60. The predicted molar refractivity (Wildman–Crippen MR) is 110 cm³/mol. The van der Waals surface area contributed by atoms with E-state index < -0.39 is 0 Å². The molecule has 2 heterocycles. The van der Waals surface area contributed by atoms with Crippen LogP contribution < -0.4 is 16.2 Å². The zero-order valence-corrected chi connectivity index (χ0v) is 16.3. The molecule has 1 aromatic carbocycles. The molecule has 0 spiro atoms. The van der Waals surface area contributed by atoms with Crippen molar-refractivity contribution in [2.75, 3.05) is 36.8 Å². The molecule has 1 aliphatic heterocycles. The fourth-order valence-corrected chi connectivity index (χ4v) is 3.62. The minimum Gasteiger partial charge on any atom is -0.399 e. The molecule has 3 rings (SSSR count). The zero-order valence-electron chi connectivity index (χ0n) is 15.4.